The van der Waals surface area contributed by atoms with Gasteiger partial charge in [-0.3, -0.25) is 0 Å². The number of furan rings is 1. The van der Waals surface area contributed by atoms with Crippen LogP contribution in [0.2, 0.25) is 0 Å². The zero-order chi connectivity index (χ0) is 11.0. The Morgan fingerprint density at radius 1 is 1.47 bits per heavy atom. The summed E-state index contributed by atoms with van der Waals surface area (Å²) >= 11 is 0. The van der Waals surface area contributed by atoms with Crippen LogP contribution in [0.3, 0.4) is 0 Å². The molecule has 1 heterocycles. The Labute approximate surface area is 85.8 Å². The van der Waals surface area contributed by atoms with Crippen LogP contribution >= 0.6 is 0 Å². The Morgan fingerprint density at radius 3 is 2.80 bits per heavy atom. The van der Waals surface area contributed by atoms with Crippen LogP contribution in [0.4, 0.5) is 0 Å². The SMILES string of the molecule is CCc1cc2c(O)c(C(=O)O)ccc2o1. The molecule has 0 spiro atoms. The third-order valence-corrected chi connectivity index (χ3v) is 2.30. The molecule has 0 fully saturated rings. The number of carboxylic acid groups (broad SMARTS) is 1. The van der Waals surface area contributed by atoms with Gasteiger partial charge in [-0.25, -0.2) is 4.79 Å². The summed E-state index contributed by atoms with van der Waals surface area (Å²) in [5.41, 5.74) is 0.403. The molecule has 0 bridgehead atoms. The lowest BCUT2D eigenvalue weighted by molar-refractivity contribution is 0.0694. The zero-order valence-corrected chi connectivity index (χ0v) is 8.15. The van der Waals surface area contributed by atoms with Gasteiger partial charge in [-0.2, -0.15) is 0 Å². The lowest BCUT2D eigenvalue weighted by atomic mass is 10.1. The lowest BCUT2D eigenvalue weighted by Gasteiger charge is -1.98. The van der Waals surface area contributed by atoms with Crippen LogP contribution < -0.4 is 0 Å². The van der Waals surface area contributed by atoms with E-state index in [0.717, 1.165) is 5.76 Å². The molecule has 0 aliphatic heterocycles. The van der Waals surface area contributed by atoms with E-state index in [-0.39, 0.29) is 11.3 Å². The van der Waals surface area contributed by atoms with Crippen molar-refractivity contribution in [1.82, 2.24) is 0 Å². The fraction of sp³-hybridized carbons (Fsp3) is 0.182. The maximum Gasteiger partial charge on any atom is 0.339 e. The van der Waals surface area contributed by atoms with Crippen molar-refractivity contribution in [1.29, 1.82) is 0 Å². The molecule has 0 saturated heterocycles. The number of aryl methyl sites for hydroxylation is 1. The van der Waals surface area contributed by atoms with E-state index in [0.29, 0.717) is 17.4 Å². The molecule has 0 amide bonds. The fourth-order valence-corrected chi connectivity index (χ4v) is 1.50. The summed E-state index contributed by atoms with van der Waals surface area (Å²) in [7, 11) is 0. The molecule has 0 atom stereocenters. The van der Waals surface area contributed by atoms with Gasteiger partial charge >= 0.3 is 5.97 Å². The first-order valence-electron chi connectivity index (χ1n) is 4.61. The van der Waals surface area contributed by atoms with Gasteiger partial charge in [-0.15, -0.1) is 0 Å². The number of carbonyl (C=O) groups is 1. The van der Waals surface area contributed by atoms with Crippen molar-refractivity contribution in [3.8, 4) is 5.75 Å². The van der Waals surface area contributed by atoms with E-state index in [1.54, 1.807) is 12.1 Å². The minimum absolute atomic E-state index is 0.106. The molecule has 0 unspecified atom stereocenters. The molecule has 2 N–H and O–H groups in total. The number of fused-ring (bicyclic) bond motifs is 1. The molecule has 1 aromatic heterocycles. The van der Waals surface area contributed by atoms with Gasteiger partial charge in [0.05, 0.1) is 5.39 Å². The van der Waals surface area contributed by atoms with Gasteiger partial charge in [0.25, 0.3) is 0 Å². The molecule has 1 aromatic carbocycles. The molecule has 2 aromatic rings. The van der Waals surface area contributed by atoms with E-state index in [2.05, 4.69) is 0 Å². The van der Waals surface area contributed by atoms with Crippen molar-refractivity contribution in [2.75, 3.05) is 0 Å². The van der Waals surface area contributed by atoms with Gasteiger partial charge in [0, 0.05) is 6.42 Å². The van der Waals surface area contributed by atoms with E-state index in [9.17, 15) is 9.90 Å². The van der Waals surface area contributed by atoms with Crippen molar-refractivity contribution < 1.29 is 19.4 Å². The summed E-state index contributed by atoms with van der Waals surface area (Å²) in [4.78, 5) is 10.8. The number of carboxylic acids is 1. The van der Waals surface area contributed by atoms with Crippen molar-refractivity contribution in [3.05, 3.63) is 29.5 Å². The van der Waals surface area contributed by atoms with E-state index < -0.39 is 5.97 Å². The molecule has 15 heavy (non-hydrogen) atoms. The summed E-state index contributed by atoms with van der Waals surface area (Å²) in [6, 6.07) is 4.55. The minimum Gasteiger partial charge on any atom is -0.506 e. The van der Waals surface area contributed by atoms with Crippen LogP contribution in [0, 0.1) is 0 Å². The second-order valence-electron chi connectivity index (χ2n) is 3.24. The quantitative estimate of drug-likeness (QED) is 0.791. The highest BCUT2D eigenvalue weighted by atomic mass is 16.4. The van der Waals surface area contributed by atoms with Crippen LogP contribution in [0.15, 0.2) is 22.6 Å². The first-order valence-corrected chi connectivity index (χ1v) is 4.61. The molecule has 0 radical (unpaired) electrons. The summed E-state index contributed by atoms with van der Waals surface area (Å²) in [5.74, 6) is -0.653. The number of benzene rings is 1. The maximum atomic E-state index is 10.8. The van der Waals surface area contributed by atoms with Crippen molar-refractivity contribution >= 4 is 16.9 Å². The van der Waals surface area contributed by atoms with Gasteiger partial charge in [-0.05, 0) is 18.2 Å². The number of aromatic hydroxyl groups is 1. The Kier molecular flexibility index (Phi) is 2.11. The monoisotopic (exact) mass is 206 g/mol. The number of hydrogen-bond acceptors (Lipinski definition) is 3. The van der Waals surface area contributed by atoms with Crippen LogP contribution in [0.5, 0.6) is 5.75 Å². The van der Waals surface area contributed by atoms with Crippen LogP contribution in [-0.2, 0) is 6.42 Å². The van der Waals surface area contributed by atoms with Crippen molar-refractivity contribution in [2.45, 2.75) is 13.3 Å². The summed E-state index contributed by atoms with van der Waals surface area (Å²) in [6.07, 6.45) is 0.705. The molecular formula is C11H10O4. The highest BCUT2D eigenvalue weighted by molar-refractivity contribution is 5.99. The largest absolute Gasteiger partial charge is 0.506 e. The summed E-state index contributed by atoms with van der Waals surface area (Å²) < 4.78 is 5.38. The molecule has 78 valence electrons. The van der Waals surface area contributed by atoms with E-state index in [1.165, 1.54) is 6.07 Å². The molecular weight excluding hydrogens is 196 g/mol. The first kappa shape index (κ1) is 9.58. The van der Waals surface area contributed by atoms with E-state index in [1.807, 2.05) is 6.92 Å². The number of rotatable bonds is 2. The van der Waals surface area contributed by atoms with Gasteiger partial charge in [0.1, 0.15) is 22.7 Å². The molecule has 4 heteroatoms. The summed E-state index contributed by atoms with van der Waals surface area (Å²) in [5, 5.41) is 18.9. The Hall–Kier alpha value is -1.97. The molecule has 0 aliphatic rings. The molecule has 4 nitrogen and oxygen atoms in total. The normalized spacial score (nSPS) is 10.7. The number of phenols is 1. The van der Waals surface area contributed by atoms with Gasteiger partial charge in [-0.1, -0.05) is 6.92 Å². The average Bonchev–Trinajstić information content (AvgIpc) is 2.61. The first-order chi connectivity index (χ1) is 7.13. The Morgan fingerprint density at radius 2 is 2.20 bits per heavy atom. The van der Waals surface area contributed by atoms with Crippen LogP contribution in [0.1, 0.15) is 23.0 Å². The average molecular weight is 206 g/mol. The standard InChI is InChI=1S/C11H10O4/c1-2-6-5-8-9(15-6)4-3-7(10(8)12)11(13)14/h3-5,12H,2H2,1H3,(H,13,14). The third kappa shape index (κ3) is 1.44. The Balaban J connectivity index is 2.72. The lowest BCUT2D eigenvalue weighted by Crippen LogP contribution is -1.95. The molecule has 0 saturated carbocycles. The third-order valence-electron chi connectivity index (χ3n) is 2.30. The van der Waals surface area contributed by atoms with Gasteiger partial charge in [0.2, 0.25) is 0 Å². The number of aromatic carboxylic acids is 1. The second kappa shape index (κ2) is 3.31. The second-order valence-corrected chi connectivity index (χ2v) is 3.24. The van der Waals surface area contributed by atoms with Crippen molar-refractivity contribution in [2.24, 2.45) is 0 Å². The molecule has 2 rings (SSSR count). The fourth-order valence-electron chi connectivity index (χ4n) is 1.50. The smallest absolute Gasteiger partial charge is 0.339 e. The van der Waals surface area contributed by atoms with E-state index in [4.69, 9.17) is 9.52 Å². The van der Waals surface area contributed by atoms with Crippen LogP contribution in [0.25, 0.3) is 11.0 Å². The highest BCUT2D eigenvalue weighted by Crippen LogP contribution is 2.31. The summed E-state index contributed by atoms with van der Waals surface area (Å²) in [6.45, 7) is 1.92. The van der Waals surface area contributed by atoms with Gasteiger partial charge < -0.3 is 14.6 Å². The van der Waals surface area contributed by atoms with Crippen molar-refractivity contribution in [3.63, 3.8) is 0 Å². The topological polar surface area (TPSA) is 70.7 Å². The zero-order valence-electron chi connectivity index (χ0n) is 8.15. The predicted molar refractivity (Wildman–Crippen MR) is 54.2 cm³/mol. The maximum absolute atomic E-state index is 10.8. The molecule has 0 aliphatic carbocycles. The Bertz CT molecular complexity index is 525. The van der Waals surface area contributed by atoms with E-state index >= 15 is 0 Å². The highest BCUT2D eigenvalue weighted by Gasteiger charge is 2.15. The number of hydrogen-bond donors (Lipinski definition) is 2. The minimum atomic E-state index is -1.14. The van der Waals surface area contributed by atoms with Gasteiger partial charge in [0.15, 0.2) is 0 Å². The van der Waals surface area contributed by atoms with Crippen LogP contribution in [-0.4, -0.2) is 16.2 Å². The predicted octanol–water partition coefficient (Wildman–Crippen LogP) is 2.40.